The summed E-state index contributed by atoms with van der Waals surface area (Å²) in [5.74, 6) is 0.269. The van der Waals surface area contributed by atoms with Gasteiger partial charge >= 0.3 is 0 Å². The zero-order valence-corrected chi connectivity index (χ0v) is 24.3. The number of halogens is 1. The number of amides is 3. The molecule has 2 aromatic carbocycles. The molecule has 1 aromatic heterocycles. The van der Waals surface area contributed by atoms with E-state index in [1.54, 1.807) is 55.5 Å². The SMILES string of the molecule is CCC(C)(C)NC(=O)[C@H](c1ccccc1Cl)N(C(=O)CCC(=O)Nc1cc(C)on1)c1ccc(OC)c(OC)c1. The molecule has 0 saturated heterocycles. The summed E-state index contributed by atoms with van der Waals surface area (Å²) in [5, 5.41) is 9.72. The number of carbonyl (C=O) groups is 3. The Hall–Kier alpha value is -4.05. The average molecular weight is 571 g/mol. The van der Waals surface area contributed by atoms with E-state index >= 15 is 0 Å². The first-order valence-corrected chi connectivity index (χ1v) is 13.2. The number of aryl methyl sites for hydroxylation is 1. The molecule has 3 rings (SSSR count). The highest BCUT2D eigenvalue weighted by molar-refractivity contribution is 6.31. The first-order chi connectivity index (χ1) is 19.0. The molecule has 214 valence electrons. The minimum atomic E-state index is -1.15. The number of aromatic nitrogens is 1. The third kappa shape index (κ3) is 7.53. The number of anilines is 2. The van der Waals surface area contributed by atoms with Gasteiger partial charge in [0.2, 0.25) is 17.7 Å². The first kappa shape index (κ1) is 30.5. The topological polar surface area (TPSA) is 123 Å². The van der Waals surface area contributed by atoms with Crippen LogP contribution in [0.15, 0.2) is 53.1 Å². The second-order valence-corrected chi connectivity index (χ2v) is 10.2. The Morgan fingerprint density at radius 1 is 1.05 bits per heavy atom. The van der Waals surface area contributed by atoms with Crippen molar-refractivity contribution < 1.29 is 28.4 Å². The van der Waals surface area contributed by atoms with Gasteiger partial charge in [-0.1, -0.05) is 41.9 Å². The minimum Gasteiger partial charge on any atom is -0.493 e. The number of nitrogens with zero attached hydrogens (tertiary/aromatic N) is 2. The molecule has 0 aliphatic rings. The molecule has 1 heterocycles. The Balaban J connectivity index is 2.05. The van der Waals surface area contributed by atoms with Crippen molar-refractivity contribution in [3.63, 3.8) is 0 Å². The second kappa shape index (κ2) is 13.3. The van der Waals surface area contributed by atoms with E-state index in [0.29, 0.717) is 40.0 Å². The van der Waals surface area contributed by atoms with Crippen molar-refractivity contribution in [1.82, 2.24) is 10.5 Å². The van der Waals surface area contributed by atoms with Gasteiger partial charge < -0.3 is 24.6 Å². The van der Waals surface area contributed by atoms with Gasteiger partial charge in [0, 0.05) is 46.8 Å². The summed E-state index contributed by atoms with van der Waals surface area (Å²) in [6, 6.07) is 12.2. The highest BCUT2D eigenvalue weighted by Crippen LogP contribution is 2.37. The third-order valence-corrected chi connectivity index (χ3v) is 6.77. The number of hydrogen-bond donors (Lipinski definition) is 2. The van der Waals surface area contributed by atoms with Crippen LogP contribution in [0.1, 0.15) is 57.4 Å². The van der Waals surface area contributed by atoms with E-state index in [1.807, 2.05) is 20.8 Å². The zero-order valence-electron chi connectivity index (χ0n) is 23.5. The number of ether oxygens (including phenoxy) is 2. The normalized spacial score (nSPS) is 11.9. The lowest BCUT2D eigenvalue weighted by Gasteiger charge is -2.35. The third-order valence-electron chi connectivity index (χ3n) is 6.43. The van der Waals surface area contributed by atoms with Crippen molar-refractivity contribution in [3.8, 4) is 11.5 Å². The van der Waals surface area contributed by atoms with Crippen LogP contribution in [0.25, 0.3) is 0 Å². The molecule has 0 fully saturated rings. The van der Waals surface area contributed by atoms with Crippen LogP contribution in [-0.4, -0.2) is 42.6 Å². The maximum Gasteiger partial charge on any atom is 0.248 e. The fraction of sp³-hybridized carbons (Fsp3) is 0.379. The molecule has 0 aliphatic carbocycles. The lowest BCUT2D eigenvalue weighted by molar-refractivity contribution is -0.128. The predicted molar refractivity (Wildman–Crippen MR) is 153 cm³/mol. The molecule has 11 heteroatoms. The van der Waals surface area contributed by atoms with Crippen LogP contribution in [0.5, 0.6) is 11.5 Å². The Morgan fingerprint density at radius 3 is 2.35 bits per heavy atom. The zero-order chi connectivity index (χ0) is 29.4. The van der Waals surface area contributed by atoms with E-state index in [4.69, 9.17) is 25.6 Å². The number of carbonyl (C=O) groups excluding carboxylic acids is 3. The first-order valence-electron chi connectivity index (χ1n) is 12.8. The van der Waals surface area contributed by atoms with Crippen LogP contribution in [-0.2, 0) is 14.4 Å². The minimum absolute atomic E-state index is 0.161. The summed E-state index contributed by atoms with van der Waals surface area (Å²) < 4.78 is 15.8. The van der Waals surface area contributed by atoms with E-state index in [0.717, 1.165) is 0 Å². The van der Waals surface area contributed by atoms with Gasteiger partial charge in [0.05, 0.1) is 14.2 Å². The Morgan fingerprint density at radius 2 is 1.75 bits per heavy atom. The van der Waals surface area contributed by atoms with E-state index in [2.05, 4.69) is 15.8 Å². The molecule has 3 aromatic rings. The largest absolute Gasteiger partial charge is 0.493 e. The summed E-state index contributed by atoms with van der Waals surface area (Å²) >= 11 is 6.59. The van der Waals surface area contributed by atoms with Crippen molar-refractivity contribution in [3.05, 3.63) is 64.9 Å². The van der Waals surface area contributed by atoms with Gasteiger partial charge in [-0.05, 0) is 45.4 Å². The van der Waals surface area contributed by atoms with Crippen molar-refractivity contribution >= 4 is 40.8 Å². The average Bonchev–Trinajstić information content (AvgIpc) is 3.34. The summed E-state index contributed by atoms with van der Waals surface area (Å²) in [4.78, 5) is 41.8. The fourth-order valence-electron chi connectivity index (χ4n) is 3.97. The molecule has 40 heavy (non-hydrogen) atoms. The van der Waals surface area contributed by atoms with Crippen LogP contribution in [0.3, 0.4) is 0 Å². The van der Waals surface area contributed by atoms with Gasteiger partial charge in [-0.2, -0.15) is 0 Å². The number of methoxy groups -OCH3 is 2. The maximum atomic E-state index is 13.9. The standard InChI is InChI=1S/C29H35ClN4O6/c1-7-29(3,4)32-28(37)27(20-10-8-9-11-21(20)30)34(19-12-13-22(38-5)23(17-19)39-6)26(36)15-14-25(35)31-24-16-18(2)40-33-24/h8-13,16-17,27H,7,14-15H2,1-6H3,(H,32,37)(H,31,33,35)/t27-/m0/s1. The lowest BCUT2D eigenvalue weighted by atomic mass is 9.97. The van der Waals surface area contributed by atoms with Gasteiger partial charge in [-0.25, -0.2) is 0 Å². The number of benzene rings is 2. The van der Waals surface area contributed by atoms with Crippen LogP contribution >= 0.6 is 11.6 Å². The summed E-state index contributed by atoms with van der Waals surface area (Å²) in [6.07, 6.45) is 0.286. The molecule has 10 nitrogen and oxygen atoms in total. The Bertz CT molecular complexity index is 1360. The molecule has 0 bridgehead atoms. The van der Waals surface area contributed by atoms with Gasteiger partial charge in [0.1, 0.15) is 11.8 Å². The number of rotatable bonds is 12. The Labute approximate surface area is 238 Å². The highest BCUT2D eigenvalue weighted by Gasteiger charge is 2.36. The molecule has 0 saturated carbocycles. The smallest absolute Gasteiger partial charge is 0.248 e. The number of hydrogen-bond acceptors (Lipinski definition) is 7. The van der Waals surface area contributed by atoms with Crippen molar-refractivity contribution in [2.24, 2.45) is 0 Å². The van der Waals surface area contributed by atoms with Crippen molar-refractivity contribution in [2.75, 3.05) is 24.4 Å². The quantitative estimate of drug-likeness (QED) is 0.297. The molecular weight excluding hydrogens is 536 g/mol. The van der Waals surface area contributed by atoms with Gasteiger partial charge in [0.25, 0.3) is 0 Å². The number of nitrogens with one attached hydrogen (secondary N) is 2. The Kier molecular flexibility index (Phi) is 10.2. The highest BCUT2D eigenvalue weighted by atomic mass is 35.5. The summed E-state index contributed by atoms with van der Waals surface area (Å²) in [7, 11) is 2.98. The van der Waals surface area contributed by atoms with Gasteiger partial charge in [-0.3, -0.25) is 19.3 Å². The van der Waals surface area contributed by atoms with Crippen LogP contribution in [0.2, 0.25) is 5.02 Å². The van der Waals surface area contributed by atoms with Gasteiger partial charge in [0.15, 0.2) is 17.3 Å². The summed E-state index contributed by atoms with van der Waals surface area (Å²) in [6.45, 7) is 7.45. The second-order valence-electron chi connectivity index (χ2n) is 9.82. The van der Waals surface area contributed by atoms with Crippen LogP contribution in [0.4, 0.5) is 11.5 Å². The van der Waals surface area contributed by atoms with Crippen LogP contribution < -0.4 is 25.0 Å². The fourth-order valence-corrected chi connectivity index (χ4v) is 4.21. The van der Waals surface area contributed by atoms with Crippen molar-refractivity contribution in [2.45, 2.75) is 58.5 Å². The van der Waals surface area contributed by atoms with E-state index in [1.165, 1.54) is 19.1 Å². The molecule has 0 spiro atoms. The van der Waals surface area contributed by atoms with Gasteiger partial charge in [-0.15, -0.1) is 0 Å². The predicted octanol–water partition coefficient (Wildman–Crippen LogP) is 5.45. The molecule has 3 amide bonds. The molecule has 1 atom stereocenters. The molecule has 2 N–H and O–H groups in total. The van der Waals surface area contributed by atoms with Crippen LogP contribution in [0, 0.1) is 6.92 Å². The van der Waals surface area contributed by atoms with Crippen molar-refractivity contribution in [1.29, 1.82) is 0 Å². The molecule has 0 aliphatic heterocycles. The molecule has 0 radical (unpaired) electrons. The lowest BCUT2D eigenvalue weighted by Crippen LogP contribution is -2.50. The van der Waals surface area contributed by atoms with E-state index in [-0.39, 0.29) is 18.7 Å². The maximum absolute atomic E-state index is 13.9. The monoisotopic (exact) mass is 570 g/mol. The van der Waals surface area contributed by atoms with E-state index in [9.17, 15) is 14.4 Å². The van der Waals surface area contributed by atoms with E-state index < -0.39 is 29.3 Å². The molecule has 0 unspecified atom stereocenters. The molecular formula is C29H35ClN4O6. The summed E-state index contributed by atoms with van der Waals surface area (Å²) in [5.41, 5.74) is 0.238.